The van der Waals surface area contributed by atoms with Crippen LogP contribution >= 0.6 is 0 Å². The zero-order valence-electron chi connectivity index (χ0n) is 10.7. The van der Waals surface area contributed by atoms with Gasteiger partial charge >= 0.3 is 0 Å². The van der Waals surface area contributed by atoms with Gasteiger partial charge in [0.2, 0.25) is 5.91 Å². The van der Waals surface area contributed by atoms with Crippen LogP contribution in [0.5, 0.6) is 0 Å². The Balaban J connectivity index is 1.85. The Hall–Kier alpha value is -1.84. The van der Waals surface area contributed by atoms with E-state index in [2.05, 4.69) is 9.97 Å². The summed E-state index contributed by atoms with van der Waals surface area (Å²) in [5.74, 6) is 1.61. The lowest BCUT2D eigenvalue weighted by atomic mass is 9.96. The Morgan fingerprint density at radius 1 is 1.44 bits per heavy atom. The first-order chi connectivity index (χ1) is 8.81. The van der Waals surface area contributed by atoms with Crippen LogP contribution in [0.2, 0.25) is 0 Å². The van der Waals surface area contributed by atoms with E-state index in [0.717, 1.165) is 31.8 Å². The fourth-order valence-electron chi connectivity index (χ4n) is 2.23. The Kier molecular flexibility index (Phi) is 4.34. The van der Waals surface area contributed by atoms with E-state index in [1.807, 2.05) is 30.2 Å². The van der Waals surface area contributed by atoms with Gasteiger partial charge in [0, 0.05) is 37.5 Å². The maximum atomic E-state index is 11.8. The van der Waals surface area contributed by atoms with E-state index >= 15 is 0 Å². The molecule has 1 N–H and O–H groups in total. The third-order valence-electron chi connectivity index (χ3n) is 3.26. The van der Waals surface area contributed by atoms with Gasteiger partial charge in [-0.1, -0.05) is 18.2 Å². The molecule has 1 fully saturated rings. The molecule has 4 nitrogen and oxygen atoms in total. The van der Waals surface area contributed by atoms with E-state index in [4.69, 9.17) is 0 Å². The number of H-pyrrole nitrogens is 1. The maximum absolute atomic E-state index is 11.8. The number of hydrogen-bond acceptors (Lipinski definition) is 2. The number of amides is 1. The fraction of sp³-hybridized carbons (Fsp3) is 0.429. The number of aromatic amines is 1. The van der Waals surface area contributed by atoms with Gasteiger partial charge in [0.1, 0.15) is 5.82 Å². The predicted octanol–water partition coefficient (Wildman–Crippen LogP) is 2.25. The highest BCUT2D eigenvalue weighted by Gasteiger charge is 2.23. The number of nitrogens with one attached hydrogen (secondary N) is 1. The molecule has 18 heavy (non-hydrogen) atoms. The van der Waals surface area contributed by atoms with Gasteiger partial charge in [-0.05, 0) is 19.8 Å². The van der Waals surface area contributed by atoms with Crippen molar-refractivity contribution < 1.29 is 4.79 Å². The molecule has 1 aliphatic heterocycles. The number of likely N-dealkylation sites (tertiary alicyclic amines) is 1. The largest absolute Gasteiger partial charge is 0.348 e. The summed E-state index contributed by atoms with van der Waals surface area (Å²) in [6, 6.07) is 0. The minimum absolute atomic E-state index is 0.103. The van der Waals surface area contributed by atoms with Crippen molar-refractivity contribution in [1.82, 2.24) is 14.9 Å². The van der Waals surface area contributed by atoms with Crippen LogP contribution in [0.3, 0.4) is 0 Å². The van der Waals surface area contributed by atoms with Crippen molar-refractivity contribution in [2.45, 2.75) is 25.7 Å². The molecule has 1 aromatic heterocycles. The van der Waals surface area contributed by atoms with Crippen LogP contribution < -0.4 is 0 Å². The summed E-state index contributed by atoms with van der Waals surface area (Å²) < 4.78 is 0. The molecule has 4 heteroatoms. The standard InChI is InChI=1S/C14H19N3O/c1-2-3-4-5-13(18)17-10-6-12(7-11-17)14-15-8-9-16-14/h2-5,8-9,12H,6-7,10-11H2,1H3,(H,15,16)/b3-2+,5-4+. The molecule has 0 bridgehead atoms. The number of carbonyl (C=O) groups excluding carboxylic acids is 1. The fourth-order valence-corrected chi connectivity index (χ4v) is 2.23. The zero-order valence-corrected chi connectivity index (χ0v) is 10.7. The molecular weight excluding hydrogens is 226 g/mol. The second kappa shape index (κ2) is 6.19. The summed E-state index contributed by atoms with van der Waals surface area (Å²) >= 11 is 0. The van der Waals surface area contributed by atoms with Crippen LogP contribution in [-0.2, 0) is 4.79 Å². The number of allylic oxidation sites excluding steroid dienone is 3. The molecule has 1 aromatic rings. The Morgan fingerprint density at radius 2 is 2.22 bits per heavy atom. The molecule has 0 atom stereocenters. The highest BCUT2D eigenvalue weighted by Crippen LogP contribution is 2.25. The van der Waals surface area contributed by atoms with Crippen LogP contribution in [0.25, 0.3) is 0 Å². The number of imidazole rings is 1. The first-order valence-corrected chi connectivity index (χ1v) is 6.39. The van der Waals surface area contributed by atoms with Crippen LogP contribution in [0.4, 0.5) is 0 Å². The van der Waals surface area contributed by atoms with Crippen molar-refractivity contribution in [3.05, 3.63) is 42.5 Å². The molecule has 96 valence electrons. The lowest BCUT2D eigenvalue weighted by Crippen LogP contribution is -2.37. The van der Waals surface area contributed by atoms with Gasteiger partial charge in [0.25, 0.3) is 0 Å². The van der Waals surface area contributed by atoms with Crippen LogP contribution in [-0.4, -0.2) is 33.9 Å². The van der Waals surface area contributed by atoms with E-state index in [1.165, 1.54) is 0 Å². The highest BCUT2D eigenvalue weighted by molar-refractivity contribution is 5.87. The topological polar surface area (TPSA) is 49.0 Å². The average molecular weight is 245 g/mol. The number of hydrogen-bond donors (Lipinski definition) is 1. The molecule has 0 saturated carbocycles. The monoisotopic (exact) mass is 245 g/mol. The molecule has 0 aliphatic carbocycles. The van der Waals surface area contributed by atoms with Gasteiger partial charge < -0.3 is 9.88 Å². The second-order valence-electron chi connectivity index (χ2n) is 4.46. The summed E-state index contributed by atoms with van der Waals surface area (Å²) in [6.07, 6.45) is 12.8. The smallest absolute Gasteiger partial charge is 0.246 e. The quantitative estimate of drug-likeness (QED) is 0.656. The summed E-state index contributed by atoms with van der Waals surface area (Å²) in [5, 5.41) is 0. The van der Waals surface area contributed by atoms with Crippen molar-refractivity contribution in [2.75, 3.05) is 13.1 Å². The predicted molar refractivity (Wildman–Crippen MR) is 71.1 cm³/mol. The van der Waals surface area contributed by atoms with Gasteiger partial charge in [-0.2, -0.15) is 0 Å². The Bertz CT molecular complexity index is 426. The molecule has 1 aliphatic rings. The van der Waals surface area contributed by atoms with Crippen LogP contribution in [0.1, 0.15) is 31.5 Å². The van der Waals surface area contributed by atoms with Crippen LogP contribution in [0, 0.1) is 0 Å². The van der Waals surface area contributed by atoms with E-state index in [9.17, 15) is 4.79 Å². The van der Waals surface area contributed by atoms with E-state index in [0.29, 0.717) is 5.92 Å². The summed E-state index contributed by atoms with van der Waals surface area (Å²) in [7, 11) is 0. The van der Waals surface area contributed by atoms with Gasteiger partial charge in [0.15, 0.2) is 0 Å². The third-order valence-corrected chi connectivity index (χ3v) is 3.26. The number of piperidine rings is 1. The van der Waals surface area contributed by atoms with Gasteiger partial charge in [-0.15, -0.1) is 0 Å². The minimum atomic E-state index is 0.103. The van der Waals surface area contributed by atoms with Crippen molar-refractivity contribution in [3.63, 3.8) is 0 Å². The van der Waals surface area contributed by atoms with Crippen molar-refractivity contribution in [2.24, 2.45) is 0 Å². The average Bonchev–Trinajstić information content (AvgIpc) is 2.93. The van der Waals surface area contributed by atoms with Crippen molar-refractivity contribution in [1.29, 1.82) is 0 Å². The molecule has 0 aromatic carbocycles. The molecular formula is C14H19N3O. The first kappa shape index (κ1) is 12.6. The Morgan fingerprint density at radius 3 is 2.83 bits per heavy atom. The van der Waals surface area contributed by atoms with Crippen molar-refractivity contribution in [3.8, 4) is 0 Å². The number of nitrogens with zero attached hydrogens (tertiary/aromatic N) is 2. The number of aromatic nitrogens is 2. The minimum Gasteiger partial charge on any atom is -0.348 e. The molecule has 0 spiro atoms. The van der Waals surface area contributed by atoms with Gasteiger partial charge in [0.05, 0.1) is 0 Å². The summed E-state index contributed by atoms with van der Waals surface area (Å²) in [5.41, 5.74) is 0. The highest BCUT2D eigenvalue weighted by atomic mass is 16.2. The number of rotatable bonds is 3. The van der Waals surface area contributed by atoms with E-state index < -0.39 is 0 Å². The lowest BCUT2D eigenvalue weighted by Gasteiger charge is -2.30. The van der Waals surface area contributed by atoms with Crippen LogP contribution in [0.15, 0.2) is 36.7 Å². The van der Waals surface area contributed by atoms with Crippen molar-refractivity contribution >= 4 is 5.91 Å². The lowest BCUT2D eigenvalue weighted by molar-refractivity contribution is -0.127. The molecule has 2 rings (SSSR count). The molecule has 1 amide bonds. The Labute approximate surface area is 107 Å². The normalized spacial score (nSPS) is 17.9. The zero-order chi connectivity index (χ0) is 12.8. The molecule has 1 saturated heterocycles. The maximum Gasteiger partial charge on any atom is 0.246 e. The molecule has 2 heterocycles. The second-order valence-corrected chi connectivity index (χ2v) is 4.46. The van der Waals surface area contributed by atoms with Gasteiger partial charge in [-0.3, -0.25) is 4.79 Å². The molecule has 0 radical (unpaired) electrons. The SMILES string of the molecule is C/C=C/C=C/C(=O)N1CCC(c2ncc[nH]2)CC1. The van der Waals surface area contributed by atoms with E-state index in [1.54, 1.807) is 18.3 Å². The van der Waals surface area contributed by atoms with Gasteiger partial charge in [-0.25, -0.2) is 4.98 Å². The summed E-state index contributed by atoms with van der Waals surface area (Å²) in [4.78, 5) is 21.2. The first-order valence-electron chi connectivity index (χ1n) is 6.39. The third kappa shape index (κ3) is 3.09. The van der Waals surface area contributed by atoms with E-state index in [-0.39, 0.29) is 5.91 Å². The molecule has 0 unspecified atom stereocenters. The number of carbonyl (C=O) groups is 1. The summed E-state index contributed by atoms with van der Waals surface area (Å²) in [6.45, 7) is 3.55.